The van der Waals surface area contributed by atoms with Gasteiger partial charge in [-0.15, -0.1) is 0 Å². The molecule has 1 aliphatic heterocycles. The molecule has 1 aliphatic rings. The third-order valence-corrected chi connectivity index (χ3v) is 5.14. The first-order valence-electron chi connectivity index (χ1n) is 10.3. The van der Waals surface area contributed by atoms with E-state index in [1.165, 1.54) is 5.69 Å². The van der Waals surface area contributed by atoms with Crippen LogP contribution in [0.1, 0.15) is 11.1 Å². The molecule has 0 unspecified atom stereocenters. The Kier molecular flexibility index (Phi) is 6.88. The normalized spacial score (nSPS) is 13.9. The molecule has 31 heavy (non-hydrogen) atoms. The lowest BCUT2D eigenvalue weighted by molar-refractivity contribution is 0.122. The molecule has 0 bridgehead atoms. The van der Waals surface area contributed by atoms with E-state index in [9.17, 15) is 5.11 Å². The van der Waals surface area contributed by atoms with Crippen LogP contribution in [0.15, 0.2) is 48.5 Å². The third-order valence-electron chi connectivity index (χ3n) is 5.14. The van der Waals surface area contributed by atoms with Gasteiger partial charge in [-0.3, -0.25) is 5.10 Å². The van der Waals surface area contributed by atoms with E-state index >= 15 is 0 Å². The average molecular weight is 425 g/mol. The molecule has 0 spiro atoms. The fraction of sp³-hybridized carbons (Fsp3) is 0.318. The number of morpholine rings is 1. The number of benzene rings is 2. The summed E-state index contributed by atoms with van der Waals surface area (Å²) in [6.07, 6.45) is 0. The van der Waals surface area contributed by atoms with Gasteiger partial charge < -0.3 is 35.8 Å². The maximum absolute atomic E-state index is 9.44. The van der Waals surface area contributed by atoms with Crippen LogP contribution in [0.4, 0.5) is 23.0 Å². The zero-order valence-corrected chi connectivity index (χ0v) is 17.3. The van der Waals surface area contributed by atoms with Crippen LogP contribution in [0.3, 0.4) is 0 Å². The van der Waals surface area contributed by atoms with E-state index in [1.54, 1.807) is 12.1 Å². The molecular weight excluding hydrogens is 396 g/mol. The number of rotatable bonds is 9. The third kappa shape index (κ3) is 5.46. The maximum atomic E-state index is 9.44. The van der Waals surface area contributed by atoms with Crippen molar-refractivity contribution in [2.45, 2.75) is 13.2 Å². The van der Waals surface area contributed by atoms with E-state index in [-0.39, 0.29) is 12.5 Å². The lowest BCUT2D eigenvalue weighted by Crippen LogP contribution is -2.36. The van der Waals surface area contributed by atoms with Crippen molar-refractivity contribution in [3.05, 3.63) is 59.7 Å². The maximum Gasteiger partial charge on any atom is 0.159 e. The van der Waals surface area contributed by atoms with Gasteiger partial charge in [0.25, 0.3) is 0 Å². The van der Waals surface area contributed by atoms with Crippen molar-refractivity contribution >= 4 is 23.0 Å². The molecule has 2 heterocycles. The van der Waals surface area contributed by atoms with Crippen molar-refractivity contribution in [3.8, 4) is 5.75 Å². The highest BCUT2D eigenvalue weighted by molar-refractivity contribution is 5.67. The Hall–Kier alpha value is -3.27. The highest BCUT2D eigenvalue weighted by Gasteiger charge is 2.15. The number of aromatic amines is 1. The van der Waals surface area contributed by atoms with E-state index in [0.29, 0.717) is 19.0 Å². The van der Waals surface area contributed by atoms with Gasteiger partial charge >= 0.3 is 0 Å². The monoisotopic (exact) mass is 424 g/mol. The average Bonchev–Trinajstić information content (AvgIpc) is 3.19. The lowest BCUT2D eigenvalue weighted by atomic mass is 10.2. The number of ether oxygens (including phenoxy) is 2. The first-order valence-corrected chi connectivity index (χ1v) is 10.3. The van der Waals surface area contributed by atoms with Crippen LogP contribution in [-0.4, -0.2) is 48.3 Å². The molecule has 1 fully saturated rings. The summed E-state index contributed by atoms with van der Waals surface area (Å²) in [4.78, 5) is 2.31. The van der Waals surface area contributed by atoms with E-state index in [1.807, 2.05) is 24.3 Å². The quantitative estimate of drug-likeness (QED) is 0.333. The number of aromatic nitrogens is 2. The minimum Gasteiger partial charge on any atom is -0.508 e. The van der Waals surface area contributed by atoms with Gasteiger partial charge in [0.15, 0.2) is 5.82 Å². The summed E-state index contributed by atoms with van der Waals surface area (Å²) in [5, 5.41) is 23.6. The molecular formula is C22H28N6O3. The molecule has 0 amide bonds. The Morgan fingerprint density at radius 1 is 1.10 bits per heavy atom. The minimum absolute atomic E-state index is 0.121. The van der Waals surface area contributed by atoms with Crippen LogP contribution in [0.25, 0.3) is 0 Å². The van der Waals surface area contributed by atoms with E-state index in [4.69, 9.17) is 15.2 Å². The first-order chi connectivity index (χ1) is 15.2. The molecule has 6 N–H and O–H groups in total. The predicted octanol–water partition coefficient (Wildman–Crippen LogP) is 2.74. The number of aromatic hydroxyl groups is 1. The molecule has 1 saturated heterocycles. The number of hydrogen-bond acceptors (Lipinski definition) is 8. The Bertz CT molecular complexity index is 952. The topological polar surface area (TPSA) is 121 Å². The minimum atomic E-state index is 0.121. The van der Waals surface area contributed by atoms with Gasteiger partial charge in [-0.25, -0.2) is 0 Å². The van der Waals surface area contributed by atoms with Gasteiger partial charge in [0.1, 0.15) is 11.6 Å². The summed E-state index contributed by atoms with van der Waals surface area (Å²) < 4.78 is 10.9. The van der Waals surface area contributed by atoms with E-state index in [0.717, 1.165) is 48.9 Å². The second kappa shape index (κ2) is 10.2. The highest BCUT2D eigenvalue weighted by atomic mass is 16.5. The van der Waals surface area contributed by atoms with Crippen molar-refractivity contribution in [3.63, 3.8) is 0 Å². The molecule has 164 valence electrons. The Morgan fingerprint density at radius 2 is 1.84 bits per heavy atom. The number of nitrogens with zero attached hydrogens (tertiary/aromatic N) is 2. The summed E-state index contributed by atoms with van der Waals surface area (Å²) in [5.74, 6) is 1.68. The molecule has 2 aromatic carbocycles. The van der Waals surface area contributed by atoms with Crippen molar-refractivity contribution in [1.82, 2.24) is 10.2 Å². The van der Waals surface area contributed by atoms with Crippen LogP contribution in [0, 0.1) is 0 Å². The largest absolute Gasteiger partial charge is 0.508 e. The molecule has 0 radical (unpaired) electrons. The fourth-order valence-corrected chi connectivity index (χ4v) is 3.43. The standard InChI is InChI=1S/C22H28N6O3/c23-15-31-14-20-21(24-13-16-1-7-19(29)8-2-16)26-27-22(20)25-17-3-5-18(6-4-17)28-9-11-30-12-10-28/h1-8,29H,9-15,23H2,(H3,24,25,26,27). The molecule has 9 heteroatoms. The predicted molar refractivity (Wildman–Crippen MR) is 121 cm³/mol. The Labute approximate surface area is 181 Å². The van der Waals surface area contributed by atoms with Gasteiger partial charge in [-0.2, -0.15) is 5.10 Å². The van der Waals surface area contributed by atoms with Gasteiger partial charge in [0, 0.05) is 31.0 Å². The molecule has 4 rings (SSSR count). The summed E-state index contributed by atoms with van der Waals surface area (Å²) >= 11 is 0. The van der Waals surface area contributed by atoms with E-state index in [2.05, 4.69) is 37.9 Å². The molecule has 0 aliphatic carbocycles. The summed E-state index contributed by atoms with van der Waals surface area (Å²) in [6, 6.07) is 15.3. The van der Waals surface area contributed by atoms with Gasteiger partial charge in [0.05, 0.1) is 32.1 Å². The lowest BCUT2D eigenvalue weighted by Gasteiger charge is -2.28. The van der Waals surface area contributed by atoms with Crippen LogP contribution < -0.4 is 21.3 Å². The number of anilines is 4. The number of hydrogen-bond donors (Lipinski definition) is 5. The van der Waals surface area contributed by atoms with Crippen molar-refractivity contribution < 1.29 is 14.6 Å². The van der Waals surface area contributed by atoms with Gasteiger partial charge in [-0.05, 0) is 42.0 Å². The summed E-state index contributed by atoms with van der Waals surface area (Å²) in [5.41, 5.74) is 9.54. The Balaban J connectivity index is 1.44. The summed E-state index contributed by atoms with van der Waals surface area (Å²) in [6.45, 7) is 4.35. The number of phenols is 1. The van der Waals surface area contributed by atoms with Crippen LogP contribution in [0.2, 0.25) is 0 Å². The number of nitrogens with two attached hydrogens (primary N) is 1. The van der Waals surface area contributed by atoms with Gasteiger partial charge in [-0.1, -0.05) is 12.1 Å². The number of phenolic OH excluding ortho intramolecular Hbond substituents is 1. The zero-order chi connectivity index (χ0) is 21.5. The second-order valence-electron chi connectivity index (χ2n) is 7.23. The Morgan fingerprint density at radius 3 is 2.55 bits per heavy atom. The number of nitrogens with one attached hydrogen (secondary N) is 3. The summed E-state index contributed by atoms with van der Waals surface area (Å²) in [7, 11) is 0. The SMILES string of the molecule is NCOCc1c(Nc2ccc(N3CCOCC3)cc2)n[nH]c1NCc1ccc(O)cc1. The fourth-order valence-electron chi connectivity index (χ4n) is 3.43. The van der Waals surface area contributed by atoms with Gasteiger partial charge in [0.2, 0.25) is 0 Å². The molecule has 1 aromatic heterocycles. The molecule has 9 nitrogen and oxygen atoms in total. The zero-order valence-electron chi connectivity index (χ0n) is 17.3. The van der Waals surface area contributed by atoms with Crippen LogP contribution in [-0.2, 0) is 22.6 Å². The van der Waals surface area contributed by atoms with Crippen molar-refractivity contribution in [2.75, 3.05) is 48.6 Å². The van der Waals surface area contributed by atoms with E-state index < -0.39 is 0 Å². The van der Waals surface area contributed by atoms with Crippen molar-refractivity contribution in [1.29, 1.82) is 0 Å². The number of H-pyrrole nitrogens is 1. The molecule has 0 saturated carbocycles. The first kappa shape index (κ1) is 21.0. The smallest absolute Gasteiger partial charge is 0.159 e. The second-order valence-corrected chi connectivity index (χ2v) is 7.23. The van der Waals surface area contributed by atoms with Crippen LogP contribution >= 0.6 is 0 Å². The molecule has 3 aromatic rings. The highest BCUT2D eigenvalue weighted by Crippen LogP contribution is 2.27. The van der Waals surface area contributed by atoms with Crippen LogP contribution in [0.5, 0.6) is 5.75 Å². The molecule has 0 atom stereocenters. The van der Waals surface area contributed by atoms with Crippen molar-refractivity contribution in [2.24, 2.45) is 5.73 Å².